The summed E-state index contributed by atoms with van der Waals surface area (Å²) in [6.45, 7) is 11.3. The molecule has 2 atom stereocenters. The average Bonchev–Trinajstić information content (AvgIpc) is 2.77. The summed E-state index contributed by atoms with van der Waals surface area (Å²) in [7, 11) is 0. The van der Waals surface area contributed by atoms with Gasteiger partial charge in [0.15, 0.2) is 0 Å². The van der Waals surface area contributed by atoms with Gasteiger partial charge in [0.1, 0.15) is 5.02 Å². The lowest BCUT2D eigenvalue weighted by atomic mass is 9.92. The van der Waals surface area contributed by atoms with Crippen molar-refractivity contribution in [2.45, 2.75) is 27.2 Å². The highest BCUT2D eigenvalue weighted by atomic mass is 35.5. The number of likely N-dealkylation sites (tertiary alicyclic amines) is 1. The molecule has 178 valence electrons. The summed E-state index contributed by atoms with van der Waals surface area (Å²) in [6, 6.07) is 5.35. The van der Waals surface area contributed by atoms with Crippen molar-refractivity contribution >= 4 is 34.8 Å². The van der Waals surface area contributed by atoms with Crippen molar-refractivity contribution < 1.29 is 4.79 Å². The van der Waals surface area contributed by atoms with Gasteiger partial charge in [-0.2, -0.15) is 9.78 Å². The molecule has 1 aromatic carbocycles. The number of nitrogens with zero attached hydrogens (tertiary/aromatic N) is 5. The van der Waals surface area contributed by atoms with E-state index in [4.69, 9.17) is 23.2 Å². The van der Waals surface area contributed by atoms with Gasteiger partial charge in [0.2, 0.25) is 5.91 Å². The van der Waals surface area contributed by atoms with Crippen molar-refractivity contribution in [3.63, 3.8) is 0 Å². The van der Waals surface area contributed by atoms with Gasteiger partial charge in [-0.1, -0.05) is 43.1 Å². The molecule has 1 amide bonds. The molecule has 0 bridgehead atoms. The van der Waals surface area contributed by atoms with Crippen LogP contribution in [0.1, 0.15) is 25.8 Å². The van der Waals surface area contributed by atoms with E-state index in [2.05, 4.69) is 28.7 Å². The number of carbonyl (C=O) groups excluding carboxylic acids is 1. The van der Waals surface area contributed by atoms with Crippen molar-refractivity contribution in [3.05, 3.63) is 50.4 Å². The molecule has 7 nitrogen and oxygen atoms in total. The van der Waals surface area contributed by atoms with Gasteiger partial charge in [-0.3, -0.25) is 14.5 Å². The molecule has 0 radical (unpaired) electrons. The van der Waals surface area contributed by atoms with Crippen LogP contribution in [0.3, 0.4) is 0 Å². The van der Waals surface area contributed by atoms with Gasteiger partial charge in [0.05, 0.1) is 24.1 Å². The lowest BCUT2D eigenvalue weighted by Crippen LogP contribution is -2.52. The van der Waals surface area contributed by atoms with E-state index in [9.17, 15) is 9.59 Å². The molecule has 0 aliphatic carbocycles. The van der Waals surface area contributed by atoms with E-state index in [-0.39, 0.29) is 16.5 Å². The Labute approximate surface area is 204 Å². The number of piperazine rings is 1. The fraction of sp³-hybridized carbons (Fsp3) is 0.542. The lowest BCUT2D eigenvalue weighted by molar-refractivity contribution is -0.135. The summed E-state index contributed by atoms with van der Waals surface area (Å²) >= 11 is 12.7. The van der Waals surface area contributed by atoms with Gasteiger partial charge in [0, 0.05) is 44.3 Å². The molecule has 2 aliphatic heterocycles. The first kappa shape index (κ1) is 24.0. The zero-order valence-electron chi connectivity index (χ0n) is 19.4. The largest absolute Gasteiger partial charge is 0.366 e. The van der Waals surface area contributed by atoms with E-state index in [1.165, 1.54) is 11.1 Å². The number of hydrogen-bond donors (Lipinski definition) is 0. The van der Waals surface area contributed by atoms with Crippen molar-refractivity contribution in [2.75, 3.05) is 50.7 Å². The molecular weight excluding hydrogens is 461 g/mol. The molecule has 33 heavy (non-hydrogen) atoms. The van der Waals surface area contributed by atoms with Crippen LogP contribution in [-0.4, -0.2) is 71.3 Å². The lowest BCUT2D eigenvalue weighted by Gasteiger charge is -2.39. The first-order chi connectivity index (χ1) is 15.7. The molecule has 9 heteroatoms. The fourth-order valence-corrected chi connectivity index (χ4v) is 5.27. The topological polar surface area (TPSA) is 61.7 Å². The molecule has 2 aliphatic rings. The monoisotopic (exact) mass is 491 g/mol. The predicted octanol–water partition coefficient (Wildman–Crippen LogP) is 3.47. The molecule has 4 rings (SSSR count). The maximum atomic E-state index is 12.9. The van der Waals surface area contributed by atoms with Crippen LogP contribution in [0.5, 0.6) is 0 Å². The van der Waals surface area contributed by atoms with E-state index in [0.29, 0.717) is 47.9 Å². The first-order valence-corrected chi connectivity index (χ1v) is 12.3. The molecular formula is C24H31Cl2N5O2. The van der Waals surface area contributed by atoms with E-state index >= 15 is 0 Å². The predicted molar refractivity (Wildman–Crippen MR) is 133 cm³/mol. The summed E-state index contributed by atoms with van der Waals surface area (Å²) in [4.78, 5) is 32.0. The van der Waals surface area contributed by atoms with Crippen molar-refractivity contribution in [1.29, 1.82) is 0 Å². The fourth-order valence-electron chi connectivity index (χ4n) is 4.85. The third-order valence-electron chi connectivity index (χ3n) is 6.59. The van der Waals surface area contributed by atoms with Crippen molar-refractivity contribution in [1.82, 2.24) is 19.6 Å². The highest BCUT2D eigenvalue weighted by molar-refractivity contribution is 6.33. The molecule has 1 aromatic heterocycles. The molecule has 0 saturated carbocycles. The molecule has 2 fully saturated rings. The van der Waals surface area contributed by atoms with Crippen LogP contribution in [0.25, 0.3) is 5.69 Å². The standard InChI is InChI=1S/C24H31Cl2N5O2/c1-16-10-17(2)14-30(13-16)22(32)15-28-6-8-29(9-7-28)21-12-27-31(24(33)23(21)26)19-5-4-18(3)20(25)11-19/h4-5,11-12,16-17H,6-10,13-15H2,1-3H3. The maximum Gasteiger partial charge on any atom is 0.292 e. The van der Waals surface area contributed by atoms with Gasteiger partial charge in [-0.05, 0) is 42.9 Å². The van der Waals surface area contributed by atoms with Crippen LogP contribution in [0.4, 0.5) is 5.69 Å². The second-order valence-electron chi connectivity index (χ2n) is 9.50. The zero-order chi connectivity index (χ0) is 23.7. The smallest absolute Gasteiger partial charge is 0.292 e. The van der Waals surface area contributed by atoms with Gasteiger partial charge in [0.25, 0.3) is 5.56 Å². The number of amides is 1. The number of piperidine rings is 1. The van der Waals surface area contributed by atoms with Crippen molar-refractivity contribution in [2.24, 2.45) is 11.8 Å². The second-order valence-corrected chi connectivity index (χ2v) is 10.3. The van der Waals surface area contributed by atoms with E-state index in [0.717, 1.165) is 31.7 Å². The summed E-state index contributed by atoms with van der Waals surface area (Å²) in [5.41, 5.74) is 1.76. The minimum absolute atomic E-state index is 0.141. The van der Waals surface area contributed by atoms with Crippen LogP contribution in [-0.2, 0) is 4.79 Å². The highest BCUT2D eigenvalue weighted by Crippen LogP contribution is 2.25. The minimum Gasteiger partial charge on any atom is -0.366 e. The number of carbonyl (C=O) groups is 1. The molecule has 0 spiro atoms. The van der Waals surface area contributed by atoms with E-state index in [1.807, 2.05) is 17.9 Å². The first-order valence-electron chi connectivity index (χ1n) is 11.5. The Hall–Kier alpha value is -2.09. The number of aryl methyl sites for hydroxylation is 1. The Kier molecular flexibility index (Phi) is 7.31. The molecule has 2 unspecified atom stereocenters. The Morgan fingerprint density at radius 1 is 1.09 bits per heavy atom. The number of benzene rings is 1. The number of aromatic nitrogens is 2. The SMILES string of the molecule is Cc1ccc(-n2ncc(N3CCN(CC(=O)N4CC(C)CC(C)C4)CC3)c(Cl)c2=O)cc1Cl. The third kappa shape index (κ3) is 5.36. The highest BCUT2D eigenvalue weighted by Gasteiger charge is 2.28. The summed E-state index contributed by atoms with van der Waals surface area (Å²) in [6.07, 6.45) is 2.82. The second kappa shape index (κ2) is 10.0. The molecule has 3 heterocycles. The van der Waals surface area contributed by atoms with Gasteiger partial charge in [-0.15, -0.1) is 0 Å². The molecule has 2 aromatic rings. The van der Waals surface area contributed by atoms with E-state index < -0.39 is 0 Å². The Bertz CT molecular complexity index is 1070. The summed E-state index contributed by atoms with van der Waals surface area (Å²) in [5, 5.41) is 5.05. The number of rotatable bonds is 4. The third-order valence-corrected chi connectivity index (χ3v) is 7.36. The molecule has 2 saturated heterocycles. The summed E-state index contributed by atoms with van der Waals surface area (Å²) in [5.74, 6) is 1.32. The Morgan fingerprint density at radius 2 is 1.76 bits per heavy atom. The summed E-state index contributed by atoms with van der Waals surface area (Å²) < 4.78 is 1.27. The Morgan fingerprint density at radius 3 is 2.39 bits per heavy atom. The quantitative estimate of drug-likeness (QED) is 0.654. The zero-order valence-corrected chi connectivity index (χ0v) is 20.9. The minimum atomic E-state index is -0.375. The Balaban J connectivity index is 1.39. The van der Waals surface area contributed by atoms with Crippen LogP contribution < -0.4 is 10.5 Å². The maximum absolute atomic E-state index is 12.9. The van der Waals surface area contributed by atoms with Gasteiger partial charge in [-0.25, -0.2) is 0 Å². The number of halogens is 2. The average molecular weight is 492 g/mol. The van der Waals surface area contributed by atoms with Gasteiger partial charge >= 0.3 is 0 Å². The van der Waals surface area contributed by atoms with Crippen LogP contribution in [0, 0.1) is 18.8 Å². The van der Waals surface area contributed by atoms with Gasteiger partial charge < -0.3 is 9.80 Å². The number of hydrogen-bond acceptors (Lipinski definition) is 5. The van der Waals surface area contributed by atoms with Crippen LogP contribution >= 0.6 is 23.2 Å². The molecule has 0 N–H and O–H groups in total. The van der Waals surface area contributed by atoms with Crippen LogP contribution in [0.2, 0.25) is 10.0 Å². The van der Waals surface area contributed by atoms with Crippen molar-refractivity contribution in [3.8, 4) is 5.69 Å². The van der Waals surface area contributed by atoms with Crippen LogP contribution in [0.15, 0.2) is 29.2 Å². The number of anilines is 1. The van der Waals surface area contributed by atoms with E-state index in [1.54, 1.807) is 18.3 Å². The normalized spacial score (nSPS) is 22.0.